The van der Waals surface area contributed by atoms with Crippen molar-refractivity contribution in [2.75, 3.05) is 38.2 Å². The molecule has 0 radical (unpaired) electrons. The second-order valence-corrected chi connectivity index (χ2v) is 17.6. The summed E-state index contributed by atoms with van der Waals surface area (Å²) in [7, 11) is 1.90. The van der Waals surface area contributed by atoms with Gasteiger partial charge in [0, 0.05) is 55.4 Å². The fourth-order valence-electron chi connectivity index (χ4n) is 9.18. The molecule has 0 spiro atoms. The molecular formula is C45H77N7O7. The molecule has 13 atom stereocenters. The molecule has 2 saturated heterocycles. The normalized spacial score (nSPS) is 33.6. The number of likely N-dealkylation sites (N-methyl/N-ethyl adjacent to an activating group) is 1. The maximum atomic E-state index is 13.4. The lowest BCUT2D eigenvalue weighted by molar-refractivity contribution is -0.121. The minimum Gasteiger partial charge on any atom is -0.392 e. The summed E-state index contributed by atoms with van der Waals surface area (Å²) in [6, 6.07) is 2.99. The average molecular weight is 828 g/mol. The molecule has 59 heavy (non-hydrogen) atoms. The Morgan fingerprint density at radius 3 is 2.02 bits per heavy atom. The zero-order valence-electron chi connectivity index (χ0n) is 36.8. The number of nitrogens with zero attached hydrogens (tertiary/aromatic N) is 2. The first-order chi connectivity index (χ1) is 28.4. The lowest BCUT2D eigenvalue weighted by Crippen LogP contribution is -2.67. The molecule has 0 aromatic heterocycles. The molecule has 1 aromatic carbocycles. The van der Waals surface area contributed by atoms with Crippen molar-refractivity contribution in [2.45, 2.75) is 166 Å². The molecule has 2 aliphatic rings. The number of carbonyl (C=O) groups is 5. The van der Waals surface area contributed by atoms with E-state index in [1.165, 1.54) is 0 Å². The molecule has 1 aromatic rings. The number of para-hydroxylation sites is 1. The van der Waals surface area contributed by atoms with Gasteiger partial charge in [0.1, 0.15) is 31.4 Å². The van der Waals surface area contributed by atoms with Crippen molar-refractivity contribution >= 4 is 37.1 Å². The van der Waals surface area contributed by atoms with E-state index in [1.54, 1.807) is 6.92 Å². The first-order valence-corrected chi connectivity index (χ1v) is 22.2. The first kappa shape index (κ1) is 50.4. The number of benzene rings is 1. The van der Waals surface area contributed by atoms with Crippen molar-refractivity contribution in [3.8, 4) is 0 Å². The lowest BCUT2D eigenvalue weighted by atomic mass is 9.83. The minimum atomic E-state index is -1.06. The van der Waals surface area contributed by atoms with Gasteiger partial charge >= 0.3 is 0 Å². The van der Waals surface area contributed by atoms with Crippen LogP contribution in [-0.4, -0.2) is 147 Å². The fourth-order valence-corrected chi connectivity index (χ4v) is 9.18. The molecule has 0 aliphatic carbocycles. The van der Waals surface area contributed by atoms with E-state index in [1.807, 2.05) is 44.0 Å². The topological polar surface area (TPSA) is 195 Å². The van der Waals surface area contributed by atoms with Gasteiger partial charge in [-0.3, -0.25) is 10.2 Å². The quantitative estimate of drug-likeness (QED) is 0.105. The van der Waals surface area contributed by atoms with Crippen molar-refractivity contribution in [3.63, 3.8) is 0 Å². The van der Waals surface area contributed by atoms with Gasteiger partial charge in [-0.25, -0.2) is 0 Å². The molecule has 334 valence electrons. The van der Waals surface area contributed by atoms with Crippen LogP contribution < -0.4 is 31.9 Å². The summed E-state index contributed by atoms with van der Waals surface area (Å²) < 4.78 is 6.64. The van der Waals surface area contributed by atoms with Gasteiger partial charge in [0.15, 0.2) is 0 Å². The van der Waals surface area contributed by atoms with Crippen LogP contribution in [0.25, 0.3) is 0 Å². The SMILES string of the molecule is CCCCCC[C@H]1OC[C@@H](C)NC(C=O)[C@@H]([C@H](C)O)NC(C=O)[C@H](CN)NC(C=O)[C@H](C2CCN(c3ccccc3)CC2)NC(C=O)[C@H](CC(C)C)N(C)C(C=O)[C@H]1C. The highest BCUT2D eigenvalue weighted by molar-refractivity contribution is 5.64. The molecule has 7 N–H and O–H groups in total. The number of aldehydes is 5. The van der Waals surface area contributed by atoms with Gasteiger partial charge in [0.2, 0.25) is 0 Å². The molecule has 14 heteroatoms. The summed E-state index contributed by atoms with van der Waals surface area (Å²) in [6.45, 7) is 13.4. The van der Waals surface area contributed by atoms with Crippen LogP contribution in [0.3, 0.4) is 0 Å². The highest BCUT2D eigenvalue weighted by atomic mass is 16.5. The number of piperidine rings is 1. The average Bonchev–Trinajstić information content (AvgIpc) is 3.24. The van der Waals surface area contributed by atoms with Gasteiger partial charge in [0.25, 0.3) is 0 Å². The Morgan fingerprint density at radius 1 is 0.831 bits per heavy atom. The van der Waals surface area contributed by atoms with Crippen molar-refractivity contribution in [1.82, 2.24) is 26.2 Å². The zero-order valence-corrected chi connectivity index (χ0v) is 36.8. The number of carbonyl (C=O) groups excluding carboxylic acids is 5. The van der Waals surface area contributed by atoms with E-state index < -0.39 is 60.5 Å². The molecule has 3 rings (SSSR count). The number of aliphatic hydroxyl groups is 1. The second-order valence-electron chi connectivity index (χ2n) is 17.6. The monoisotopic (exact) mass is 828 g/mol. The van der Waals surface area contributed by atoms with Crippen LogP contribution in [0.1, 0.15) is 92.9 Å². The largest absolute Gasteiger partial charge is 0.392 e. The minimum absolute atomic E-state index is 0.0513. The molecular weight excluding hydrogens is 751 g/mol. The third kappa shape index (κ3) is 14.9. The maximum Gasteiger partial charge on any atom is 0.138 e. The number of hydrogen-bond donors (Lipinski definition) is 6. The smallest absolute Gasteiger partial charge is 0.138 e. The zero-order chi connectivity index (χ0) is 43.5. The fraction of sp³-hybridized carbons (Fsp3) is 0.756. The predicted molar refractivity (Wildman–Crippen MR) is 233 cm³/mol. The maximum absolute atomic E-state index is 13.4. The second kappa shape index (κ2) is 26.4. The van der Waals surface area contributed by atoms with Crippen LogP contribution in [0.4, 0.5) is 5.69 Å². The number of rotatable bonds is 16. The van der Waals surface area contributed by atoms with Crippen LogP contribution in [-0.2, 0) is 28.7 Å². The van der Waals surface area contributed by atoms with Crippen LogP contribution in [0, 0.1) is 17.8 Å². The third-order valence-corrected chi connectivity index (χ3v) is 12.7. The highest BCUT2D eigenvalue weighted by Crippen LogP contribution is 2.29. The number of ether oxygens (including phenoxy) is 1. The first-order valence-electron chi connectivity index (χ1n) is 22.2. The number of hydrogen-bond acceptors (Lipinski definition) is 14. The number of aliphatic hydroxyl groups excluding tert-OH is 1. The summed E-state index contributed by atoms with van der Waals surface area (Å²) >= 11 is 0. The molecule has 14 nitrogen and oxygen atoms in total. The van der Waals surface area contributed by atoms with Crippen molar-refractivity contribution in [2.24, 2.45) is 23.5 Å². The summed E-state index contributed by atoms with van der Waals surface area (Å²) in [5.41, 5.74) is 7.45. The van der Waals surface area contributed by atoms with E-state index in [-0.39, 0.29) is 43.1 Å². The van der Waals surface area contributed by atoms with E-state index in [4.69, 9.17) is 10.5 Å². The van der Waals surface area contributed by atoms with Gasteiger partial charge in [-0.2, -0.15) is 0 Å². The molecule has 5 unspecified atom stereocenters. The van der Waals surface area contributed by atoms with Gasteiger partial charge < -0.3 is 60.4 Å². The summed E-state index contributed by atoms with van der Waals surface area (Å²) in [4.78, 5) is 69.8. The molecule has 0 saturated carbocycles. The molecule has 2 aliphatic heterocycles. The highest BCUT2D eigenvalue weighted by Gasteiger charge is 2.41. The van der Waals surface area contributed by atoms with E-state index >= 15 is 0 Å². The van der Waals surface area contributed by atoms with E-state index in [0.717, 1.165) is 82.6 Å². The molecule has 2 fully saturated rings. The Labute approximate surface area is 353 Å². The Hall–Kier alpha value is -2.95. The van der Waals surface area contributed by atoms with Crippen LogP contribution in [0.2, 0.25) is 0 Å². The standard InChI is InChI=1S/C45H77N7O7/c1-8-9-10-14-17-43-32(5)42(28-57)51(7)41(22-30(2)3)38(25-54)50-45(34-18-20-52(21-19-34)35-15-12-11-13-16-35)40(27-56)48-36(23-46)37(24-53)49-44(33(6)58)39(26-55)47-31(4)29-59-43/h11-13,15-16,24-28,30-34,36-45,47-50,58H,8-10,14,17-23,29,46H2,1-7H3/t31-,32-,33+,36+,37?,38?,39?,40?,41+,42?,43-,44-,45+/m1/s1. The lowest BCUT2D eigenvalue weighted by Gasteiger charge is -2.45. The van der Waals surface area contributed by atoms with Crippen LogP contribution in [0.15, 0.2) is 30.3 Å². The van der Waals surface area contributed by atoms with Crippen molar-refractivity contribution in [1.29, 1.82) is 0 Å². The van der Waals surface area contributed by atoms with Gasteiger partial charge in [0.05, 0.1) is 55.1 Å². The van der Waals surface area contributed by atoms with Crippen molar-refractivity contribution in [3.05, 3.63) is 30.3 Å². The summed E-state index contributed by atoms with van der Waals surface area (Å²) in [5.74, 6) is -0.146. The van der Waals surface area contributed by atoms with Gasteiger partial charge in [-0.05, 0) is 70.5 Å². The Bertz CT molecular complexity index is 1370. The number of nitrogens with one attached hydrogen (secondary N) is 4. The summed E-state index contributed by atoms with van der Waals surface area (Å²) in [6.07, 6.45) is 9.58. The predicted octanol–water partition coefficient (Wildman–Crippen LogP) is 2.28. The van der Waals surface area contributed by atoms with Crippen LogP contribution in [0.5, 0.6) is 0 Å². The van der Waals surface area contributed by atoms with Crippen LogP contribution >= 0.6 is 0 Å². The number of anilines is 1. The van der Waals surface area contributed by atoms with E-state index in [0.29, 0.717) is 19.0 Å². The molecule has 0 amide bonds. The summed E-state index contributed by atoms with van der Waals surface area (Å²) in [5, 5.41) is 24.5. The van der Waals surface area contributed by atoms with Crippen molar-refractivity contribution < 1.29 is 33.8 Å². The molecule has 0 bridgehead atoms. The van der Waals surface area contributed by atoms with E-state index in [2.05, 4.69) is 59.1 Å². The van der Waals surface area contributed by atoms with Gasteiger partial charge in [-0.1, -0.05) is 71.6 Å². The third-order valence-electron chi connectivity index (χ3n) is 12.7. The van der Waals surface area contributed by atoms with E-state index in [9.17, 15) is 29.1 Å². The Balaban J connectivity index is 2.16. The number of unbranched alkanes of at least 4 members (excludes halogenated alkanes) is 3. The molecule has 2 heterocycles. The Kier molecular flexibility index (Phi) is 22.6. The Morgan fingerprint density at radius 2 is 1.47 bits per heavy atom. The number of nitrogens with two attached hydrogens (primary N) is 1. The van der Waals surface area contributed by atoms with Gasteiger partial charge in [-0.15, -0.1) is 0 Å².